The Kier molecular flexibility index (Phi) is 4.58. The van der Waals surface area contributed by atoms with E-state index in [0.717, 1.165) is 31.6 Å². The van der Waals surface area contributed by atoms with E-state index < -0.39 is 0 Å². The van der Waals surface area contributed by atoms with Gasteiger partial charge in [0, 0.05) is 38.1 Å². The van der Waals surface area contributed by atoms with Gasteiger partial charge in [0.05, 0.1) is 0 Å². The van der Waals surface area contributed by atoms with E-state index in [1.807, 2.05) is 31.3 Å². The van der Waals surface area contributed by atoms with Gasteiger partial charge in [-0.3, -0.25) is 4.79 Å². The highest BCUT2D eigenvalue weighted by Gasteiger charge is 2.20. The Morgan fingerprint density at radius 3 is 2.84 bits per heavy atom. The van der Waals surface area contributed by atoms with Crippen molar-refractivity contribution >= 4 is 17.7 Å². The zero-order valence-corrected chi connectivity index (χ0v) is 11.2. The van der Waals surface area contributed by atoms with Crippen LogP contribution < -0.4 is 5.73 Å². The maximum atomic E-state index is 12.1. The molecular weight excluding hydrogens is 240 g/mol. The summed E-state index contributed by atoms with van der Waals surface area (Å²) in [7, 11) is 1.85. The molecule has 0 aliphatic carbocycles. The van der Waals surface area contributed by atoms with Crippen molar-refractivity contribution in [3.05, 3.63) is 35.9 Å². The first-order chi connectivity index (χ1) is 9.16. The van der Waals surface area contributed by atoms with Gasteiger partial charge in [-0.05, 0) is 36.6 Å². The minimum atomic E-state index is 0.0225. The van der Waals surface area contributed by atoms with Crippen LogP contribution in [0.15, 0.2) is 30.3 Å². The molecule has 4 nitrogen and oxygen atoms in total. The smallest absolute Gasteiger partial charge is 0.246 e. The fourth-order valence-electron chi connectivity index (χ4n) is 2.20. The molecule has 2 N–H and O–H groups in total. The number of hydrogen-bond donors (Lipinski definition) is 1. The second-order valence-electron chi connectivity index (χ2n) is 4.80. The van der Waals surface area contributed by atoms with Gasteiger partial charge in [0.25, 0.3) is 0 Å². The van der Waals surface area contributed by atoms with Gasteiger partial charge in [0.2, 0.25) is 5.91 Å². The van der Waals surface area contributed by atoms with Crippen LogP contribution in [0.5, 0.6) is 0 Å². The van der Waals surface area contributed by atoms with Crippen LogP contribution in [-0.2, 0) is 9.53 Å². The summed E-state index contributed by atoms with van der Waals surface area (Å²) in [4.78, 5) is 13.9. The van der Waals surface area contributed by atoms with Gasteiger partial charge < -0.3 is 15.4 Å². The monoisotopic (exact) mass is 260 g/mol. The average Bonchev–Trinajstić information content (AvgIpc) is 2.45. The van der Waals surface area contributed by atoms with Crippen molar-refractivity contribution in [3.63, 3.8) is 0 Å². The first-order valence-electron chi connectivity index (χ1n) is 6.55. The third kappa shape index (κ3) is 3.83. The lowest BCUT2D eigenvalue weighted by Crippen LogP contribution is -2.39. The summed E-state index contributed by atoms with van der Waals surface area (Å²) in [6, 6.07) is 7.76. The molecule has 1 aromatic carbocycles. The molecule has 0 bridgehead atoms. The molecule has 0 unspecified atom stereocenters. The highest BCUT2D eigenvalue weighted by molar-refractivity contribution is 5.91. The SMILES string of the molecule is CN(C(=O)/C=C/c1cccc(N)c1)C1CCOCC1. The van der Waals surface area contributed by atoms with E-state index in [0.29, 0.717) is 5.69 Å². The molecule has 1 fully saturated rings. The third-order valence-corrected chi connectivity index (χ3v) is 3.42. The molecule has 0 aromatic heterocycles. The zero-order chi connectivity index (χ0) is 13.7. The second-order valence-corrected chi connectivity index (χ2v) is 4.80. The van der Waals surface area contributed by atoms with Crippen molar-refractivity contribution in [3.8, 4) is 0 Å². The number of carbonyl (C=O) groups is 1. The Morgan fingerprint density at radius 2 is 2.16 bits per heavy atom. The number of ether oxygens (including phenoxy) is 1. The molecule has 4 heteroatoms. The molecule has 1 aliphatic heterocycles. The fraction of sp³-hybridized carbons (Fsp3) is 0.400. The van der Waals surface area contributed by atoms with Crippen molar-refractivity contribution in [2.75, 3.05) is 26.0 Å². The number of hydrogen-bond acceptors (Lipinski definition) is 3. The van der Waals surface area contributed by atoms with Crippen LogP contribution in [0.3, 0.4) is 0 Å². The number of amides is 1. The quantitative estimate of drug-likeness (QED) is 0.667. The van der Waals surface area contributed by atoms with Crippen LogP contribution in [0.4, 0.5) is 5.69 Å². The number of nitrogens with two attached hydrogens (primary N) is 1. The number of anilines is 1. The van der Waals surface area contributed by atoms with E-state index in [9.17, 15) is 4.79 Å². The summed E-state index contributed by atoms with van der Waals surface area (Å²) in [5, 5.41) is 0. The van der Waals surface area contributed by atoms with Crippen molar-refractivity contribution in [1.29, 1.82) is 0 Å². The molecule has 0 saturated carbocycles. The van der Waals surface area contributed by atoms with Crippen LogP contribution in [0.2, 0.25) is 0 Å². The summed E-state index contributed by atoms with van der Waals surface area (Å²) in [5.41, 5.74) is 7.34. The fourth-order valence-corrected chi connectivity index (χ4v) is 2.20. The van der Waals surface area contributed by atoms with Gasteiger partial charge in [-0.2, -0.15) is 0 Å². The molecule has 0 radical (unpaired) electrons. The predicted octanol–water partition coefficient (Wildman–Crippen LogP) is 1.92. The number of likely N-dealkylation sites (N-methyl/N-ethyl adjacent to an activating group) is 1. The minimum Gasteiger partial charge on any atom is -0.399 e. The largest absolute Gasteiger partial charge is 0.399 e. The van der Waals surface area contributed by atoms with Gasteiger partial charge in [0.15, 0.2) is 0 Å². The lowest BCUT2D eigenvalue weighted by atomic mass is 10.1. The summed E-state index contributed by atoms with van der Waals surface area (Å²) in [6.07, 6.45) is 5.22. The summed E-state index contributed by atoms with van der Waals surface area (Å²) >= 11 is 0. The third-order valence-electron chi connectivity index (χ3n) is 3.42. The molecule has 0 atom stereocenters. The summed E-state index contributed by atoms with van der Waals surface area (Å²) < 4.78 is 5.30. The Hall–Kier alpha value is -1.81. The molecule has 2 rings (SSSR count). The van der Waals surface area contributed by atoms with Crippen molar-refractivity contribution in [2.24, 2.45) is 0 Å². The van der Waals surface area contributed by atoms with E-state index in [2.05, 4.69) is 0 Å². The first kappa shape index (κ1) is 13.6. The van der Waals surface area contributed by atoms with E-state index in [1.54, 1.807) is 17.1 Å². The Balaban J connectivity index is 1.96. The van der Waals surface area contributed by atoms with Crippen molar-refractivity contribution < 1.29 is 9.53 Å². The van der Waals surface area contributed by atoms with Crippen molar-refractivity contribution in [1.82, 2.24) is 4.90 Å². The number of rotatable bonds is 3. The summed E-state index contributed by atoms with van der Waals surface area (Å²) in [5.74, 6) is 0.0225. The van der Waals surface area contributed by atoms with Crippen LogP contribution in [0.1, 0.15) is 18.4 Å². The van der Waals surface area contributed by atoms with Gasteiger partial charge in [-0.1, -0.05) is 12.1 Å². The lowest BCUT2D eigenvalue weighted by Gasteiger charge is -2.30. The number of benzene rings is 1. The lowest BCUT2D eigenvalue weighted by molar-refractivity contribution is -0.128. The molecule has 19 heavy (non-hydrogen) atoms. The van der Waals surface area contributed by atoms with Crippen LogP contribution in [-0.4, -0.2) is 37.1 Å². The molecular formula is C15H20N2O2. The number of nitrogens with zero attached hydrogens (tertiary/aromatic N) is 1. The Morgan fingerprint density at radius 1 is 1.42 bits per heavy atom. The van der Waals surface area contributed by atoms with E-state index >= 15 is 0 Å². The standard InChI is InChI=1S/C15H20N2O2/c1-17(14-7-9-19-10-8-14)15(18)6-5-12-3-2-4-13(16)11-12/h2-6,11,14H,7-10,16H2,1H3/b6-5+. The molecule has 1 saturated heterocycles. The normalized spacial score (nSPS) is 16.7. The maximum absolute atomic E-state index is 12.1. The van der Waals surface area contributed by atoms with Gasteiger partial charge >= 0.3 is 0 Å². The second kappa shape index (κ2) is 6.38. The number of nitrogen functional groups attached to an aromatic ring is 1. The predicted molar refractivity (Wildman–Crippen MR) is 76.5 cm³/mol. The van der Waals surface area contributed by atoms with E-state index in [-0.39, 0.29) is 11.9 Å². The minimum absolute atomic E-state index is 0.0225. The van der Waals surface area contributed by atoms with Crippen molar-refractivity contribution in [2.45, 2.75) is 18.9 Å². The zero-order valence-electron chi connectivity index (χ0n) is 11.2. The Labute approximate surface area is 113 Å². The van der Waals surface area contributed by atoms with Crippen LogP contribution >= 0.6 is 0 Å². The average molecular weight is 260 g/mol. The topological polar surface area (TPSA) is 55.6 Å². The van der Waals surface area contributed by atoms with E-state index in [4.69, 9.17) is 10.5 Å². The molecule has 1 amide bonds. The van der Waals surface area contributed by atoms with Gasteiger partial charge in [-0.25, -0.2) is 0 Å². The molecule has 1 aliphatic rings. The molecule has 0 spiro atoms. The summed E-state index contributed by atoms with van der Waals surface area (Å²) in [6.45, 7) is 1.47. The molecule has 1 aromatic rings. The van der Waals surface area contributed by atoms with Gasteiger partial charge in [-0.15, -0.1) is 0 Å². The van der Waals surface area contributed by atoms with Crippen LogP contribution in [0, 0.1) is 0 Å². The maximum Gasteiger partial charge on any atom is 0.246 e. The highest BCUT2D eigenvalue weighted by Crippen LogP contribution is 2.14. The van der Waals surface area contributed by atoms with E-state index in [1.165, 1.54) is 0 Å². The van der Waals surface area contributed by atoms with Crippen LogP contribution in [0.25, 0.3) is 6.08 Å². The molecule has 1 heterocycles. The Bertz CT molecular complexity index is 465. The molecule has 102 valence electrons. The highest BCUT2D eigenvalue weighted by atomic mass is 16.5. The van der Waals surface area contributed by atoms with Gasteiger partial charge in [0.1, 0.15) is 0 Å². The first-order valence-corrected chi connectivity index (χ1v) is 6.55. The number of carbonyl (C=O) groups excluding carboxylic acids is 1.